The fraction of sp³-hybridized carbons (Fsp3) is 0.500. The number of nitrogens with one attached hydrogen (secondary N) is 2. The van der Waals surface area contributed by atoms with Crippen molar-refractivity contribution >= 4 is 33.4 Å². The summed E-state index contributed by atoms with van der Waals surface area (Å²) in [6, 6.07) is 3.79. The van der Waals surface area contributed by atoms with Crippen molar-refractivity contribution in [2.45, 2.75) is 62.9 Å². The molecule has 5 rings (SSSR count). The van der Waals surface area contributed by atoms with E-state index in [2.05, 4.69) is 10.0 Å². The molecule has 0 atom stereocenters. The van der Waals surface area contributed by atoms with Crippen LogP contribution >= 0.6 is 0 Å². The van der Waals surface area contributed by atoms with Crippen molar-refractivity contribution < 1.29 is 32.6 Å². The number of carbonyl (C=O) groups excluding carboxylic acids is 2. The molecule has 2 aliphatic carbocycles. The van der Waals surface area contributed by atoms with Crippen LogP contribution in [0.3, 0.4) is 0 Å². The minimum atomic E-state index is -4.28. The molecule has 0 aromatic heterocycles. The predicted octanol–water partition coefficient (Wildman–Crippen LogP) is 3.03. The van der Waals surface area contributed by atoms with Gasteiger partial charge >= 0.3 is 12.0 Å². The summed E-state index contributed by atoms with van der Waals surface area (Å²) in [5.41, 5.74) is 4.49. The lowest BCUT2D eigenvalue weighted by molar-refractivity contribution is 0.0598. The van der Waals surface area contributed by atoms with Crippen molar-refractivity contribution in [3.8, 4) is 0 Å². The Bertz CT molecular complexity index is 1390. The van der Waals surface area contributed by atoms with Gasteiger partial charge in [-0.15, -0.1) is 0 Å². The van der Waals surface area contributed by atoms with E-state index in [1.807, 2.05) is 4.90 Å². The Morgan fingerprint density at radius 1 is 0.974 bits per heavy atom. The molecule has 1 saturated heterocycles. The molecule has 3 N–H and O–H groups in total. The molecule has 39 heavy (non-hydrogen) atoms. The van der Waals surface area contributed by atoms with Gasteiger partial charge in [-0.3, -0.25) is 0 Å². The Balaban J connectivity index is 1.46. The third kappa shape index (κ3) is 5.35. The normalized spacial score (nSPS) is 17.0. The van der Waals surface area contributed by atoms with E-state index in [0.29, 0.717) is 74.5 Å². The van der Waals surface area contributed by atoms with E-state index in [0.717, 1.165) is 35.1 Å². The van der Waals surface area contributed by atoms with E-state index in [1.54, 1.807) is 19.9 Å². The van der Waals surface area contributed by atoms with E-state index in [4.69, 9.17) is 9.47 Å². The van der Waals surface area contributed by atoms with E-state index < -0.39 is 21.7 Å². The number of sulfonamides is 1. The number of benzene rings is 2. The first-order valence-electron chi connectivity index (χ1n) is 13.3. The molecule has 1 fully saturated rings. The quantitative estimate of drug-likeness (QED) is 0.462. The van der Waals surface area contributed by atoms with Crippen LogP contribution in [0.4, 0.5) is 16.2 Å². The molecule has 2 aromatic carbocycles. The van der Waals surface area contributed by atoms with Crippen LogP contribution in [0.2, 0.25) is 0 Å². The summed E-state index contributed by atoms with van der Waals surface area (Å²) in [6.45, 7) is 5.36. The smallest absolute Gasteiger partial charge is 0.338 e. The number of nitrogens with zero attached hydrogens (tertiary/aromatic N) is 1. The number of methoxy groups -OCH3 is 1. The third-order valence-electron chi connectivity index (χ3n) is 7.78. The van der Waals surface area contributed by atoms with E-state index in [9.17, 15) is 23.1 Å². The molecule has 0 bridgehead atoms. The molecule has 11 heteroatoms. The summed E-state index contributed by atoms with van der Waals surface area (Å²) in [5, 5.41) is 13.5. The molecular weight excluding hydrogens is 522 g/mol. The van der Waals surface area contributed by atoms with Crippen LogP contribution in [-0.4, -0.2) is 58.9 Å². The summed E-state index contributed by atoms with van der Waals surface area (Å²) in [7, 11) is -2.91. The van der Waals surface area contributed by atoms with Crippen LogP contribution in [-0.2, 0) is 50.8 Å². The van der Waals surface area contributed by atoms with Gasteiger partial charge in [-0.2, -0.15) is 0 Å². The average Bonchev–Trinajstić information content (AvgIpc) is 3.58. The van der Waals surface area contributed by atoms with Crippen molar-refractivity contribution in [2.75, 3.05) is 43.6 Å². The molecule has 0 radical (unpaired) electrons. The Morgan fingerprint density at radius 3 is 2.13 bits per heavy atom. The number of esters is 1. The van der Waals surface area contributed by atoms with Crippen LogP contribution in [0, 0.1) is 0 Å². The zero-order valence-electron chi connectivity index (χ0n) is 22.6. The first kappa shape index (κ1) is 27.4. The van der Waals surface area contributed by atoms with Crippen LogP contribution in [0.5, 0.6) is 0 Å². The number of hydrogen-bond donors (Lipinski definition) is 3. The molecule has 10 nitrogen and oxygen atoms in total. The minimum Gasteiger partial charge on any atom is -0.465 e. The maximum absolute atomic E-state index is 13.4. The van der Waals surface area contributed by atoms with E-state index >= 15 is 0 Å². The highest BCUT2D eigenvalue weighted by molar-refractivity contribution is 7.90. The SMILES string of the molecule is COC(=O)c1c2c(c(NC(=O)NS(=O)(=O)c3cc(N4CCOCC4)cc(C(C)(C)O)c3)c3c1CCC3)CCC2. The molecule has 1 heterocycles. The fourth-order valence-electron chi connectivity index (χ4n) is 5.87. The molecule has 210 valence electrons. The summed E-state index contributed by atoms with van der Waals surface area (Å²) in [4.78, 5) is 27.7. The van der Waals surface area contributed by atoms with Crippen LogP contribution in [0.15, 0.2) is 23.1 Å². The Hall–Kier alpha value is -3.15. The molecule has 3 aliphatic rings. The second-order valence-electron chi connectivity index (χ2n) is 10.8. The highest BCUT2D eigenvalue weighted by Gasteiger charge is 2.33. The van der Waals surface area contributed by atoms with Gasteiger partial charge in [-0.1, -0.05) is 0 Å². The molecule has 0 saturated carbocycles. The largest absolute Gasteiger partial charge is 0.465 e. The Kier molecular flexibility index (Phi) is 7.34. The summed E-state index contributed by atoms with van der Waals surface area (Å²) in [5.74, 6) is -0.368. The topological polar surface area (TPSA) is 134 Å². The lowest BCUT2D eigenvalue weighted by atomic mass is 9.92. The van der Waals surface area contributed by atoms with Gasteiger partial charge in [0.2, 0.25) is 0 Å². The number of anilines is 2. The molecule has 1 aliphatic heterocycles. The number of hydrogen-bond acceptors (Lipinski definition) is 8. The van der Waals surface area contributed by atoms with Crippen molar-refractivity contribution in [2.24, 2.45) is 0 Å². The van der Waals surface area contributed by atoms with Gasteiger partial charge in [0, 0.05) is 24.5 Å². The average molecular weight is 558 g/mol. The Morgan fingerprint density at radius 2 is 1.56 bits per heavy atom. The summed E-state index contributed by atoms with van der Waals surface area (Å²) < 4.78 is 39.5. The van der Waals surface area contributed by atoms with Crippen molar-refractivity contribution in [1.82, 2.24) is 4.72 Å². The van der Waals surface area contributed by atoms with E-state index in [1.165, 1.54) is 19.2 Å². The van der Waals surface area contributed by atoms with Crippen molar-refractivity contribution in [3.63, 3.8) is 0 Å². The van der Waals surface area contributed by atoms with Gasteiger partial charge in [0.15, 0.2) is 0 Å². The zero-order valence-corrected chi connectivity index (χ0v) is 23.4. The number of urea groups is 1. The minimum absolute atomic E-state index is 0.115. The predicted molar refractivity (Wildman–Crippen MR) is 146 cm³/mol. The molecular formula is C28H35N3O7S. The molecule has 2 amide bonds. The molecule has 2 aromatic rings. The second kappa shape index (κ2) is 10.4. The second-order valence-corrected chi connectivity index (χ2v) is 12.5. The Labute approximate surface area is 228 Å². The highest BCUT2D eigenvalue weighted by Crippen LogP contribution is 2.42. The van der Waals surface area contributed by atoms with Crippen LogP contribution in [0.1, 0.15) is 64.9 Å². The van der Waals surface area contributed by atoms with Gasteiger partial charge in [0.1, 0.15) is 0 Å². The number of morpholine rings is 1. The van der Waals surface area contributed by atoms with Gasteiger partial charge in [0.05, 0.1) is 36.4 Å². The fourth-order valence-corrected chi connectivity index (χ4v) is 6.84. The number of fused-ring (bicyclic) bond motifs is 2. The lowest BCUT2D eigenvalue weighted by Crippen LogP contribution is -2.37. The molecule has 0 spiro atoms. The van der Waals surface area contributed by atoms with Gasteiger partial charge in [-0.05, 0) is 98.4 Å². The number of aliphatic hydroxyl groups is 1. The third-order valence-corrected chi connectivity index (χ3v) is 9.09. The number of amides is 2. The first-order valence-corrected chi connectivity index (χ1v) is 14.8. The maximum atomic E-state index is 13.4. The zero-order chi connectivity index (χ0) is 27.9. The standard InChI is InChI=1S/C28H35N3O7S/c1-28(2,34)17-14-18(31-10-12-38-13-11-31)16-19(15-17)39(35,36)30-27(33)29-25-22-8-4-6-20(22)24(26(32)37-3)21-7-5-9-23(21)25/h14-16,34H,4-13H2,1-3H3,(H2,29,30,33). The van der Waals surface area contributed by atoms with E-state index in [-0.39, 0.29) is 10.9 Å². The van der Waals surface area contributed by atoms with Gasteiger partial charge in [-0.25, -0.2) is 22.7 Å². The monoisotopic (exact) mass is 557 g/mol. The number of ether oxygens (including phenoxy) is 2. The van der Waals surface area contributed by atoms with Crippen molar-refractivity contribution in [3.05, 3.63) is 51.6 Å². The number of rotatable bonds is 6. The summed E-state index contributed by atoms with van der Waals surface area (Å²) >= 11 is 0. The lowest BCUT2D eigenvalue weighted by Gasteiger charge is -2.30. The number of carbonyl (C=O) groups is 2. The molecule has 0 unspecified atom stereocenters. The highest BCUT2D eigenvalue weighted by atomic mass is 32.2. The van der Waals surface area contributed by atoms with Crippen molar-refractivity contribution in [1.29, 1.82) is 0 Å². The first-order chi connectivity index (χ1) is 18.5. The van der Waals surface area contributed by atoms with Gasteiger partial charge in [0.25, 0.3) is 10.0 Å². The summed E-state index contributed by atoms with van der Waals surface area (Å²) in [6.07, 6.45) is 4.46. The van der Waals surface area contributed by atoms with Gasteiger partial charge < -0.3 is 24.8 Å². The van der Waals surface area contributed by atoms with Crippen LogP contribution < -0.4 is 14.9 Å². The van der Waals surface area contributed by atoms with Crippen LogP contribution in [0.25, 0.3) is 0 Å². The maximum Gasteiger partial charge on any atom is 0.338 e.